The molecular formula is C27H36N2O2. The van der Waals surface area contributed by atoms with E-state index in [9.17, 15) is 4.79 Å². The first-order valence-electron chi connectivity index (χ1n) is 11.7. The van der Waals surface area contributed by atoms with Crippen molar-refractivity contribution in [3.05, 3.63) is 66.2 Å². The minimum absolute atomic E-state index is 0.0475. The SMILES string of the molecule is NCC(=O)N1CCC[C@H]1COCCCCCC/C=C/c1ccc(-c2ccccc2)cc1. The molecule has 31 heavy (non-hydrogen) atoms. The molecule has 1 amide bonds. The number of carbonyl (C=O) groups excluding carboxylic acids is 1. The maximum atomic E-state index is 11.8. The second-order valence-corrected chi connectivity index (χ2v) is 8.26. The summed E-state index contributed by atoms with van der Waals surface area (Å²) in [7, 11) is 0. The van der Waals surface area contributed by atoms with Crippen molar-refractivity contribution in [3.63, 3.8) is 0 Å². The average molecular weight is 421 g/mol. The number of unbranched alkanes of at least 4 members (excludes halogenated alkanes) is 4. The van der Waals surface area contributed by atoms with Crippen LogP contribution in [0.1, 0.15) is 50.5 Å². The number of hydrogen-bond donors (Lipinski definition) is 1. The Labute approximate surface area is 187 Å². The van der Waals surface area contributed by atoms with Crippen LogP contribution >= 0.6 is 0 Å². The standard InChI is InChI=1S/C27H36N2O2/c28-21-27(30)29-19-10-14-26(29)22-31-20-9-4-2-1-3-6-11-23-15-17-25(18-16-23)24-12-7-5-8-13-24/h5-8,11-13,15-18,26H,1-4,9-10,14,19-22,28H2/b11-6+/t26-/m0/s1. The van der Waals surface area contributed by atoms with Crippen molar-refractivity contribution < 1.29 is 9.53 Å². The molecule has 2 N–H and O–H groups in total. The molecule has 0 spiro atoms. The summed E-state index contributed by atoms with van der Waals surface area (Å²) >= 11 is 0. The van der Waals surface area contributed by atoms with Gasteiger partial charge in [-0.15, -0.1) is 0 Å². The molecule has 0 saturated carbocycles. The van der Waals surface area contributed by atoms with Crippen LogP contribution in [-0.4, -0.2) is 43.2 Å². The molecule has 1 fully saturated rings. The van der Waals surface area contributed by atoms with Gasteiger partial charge in [0.1, 0.15) is 0 Å². The molecule has 0 aliphatic carbocycles. The minimum atomic E-state index is 0.0475. The summed E-state index contributed by atoms with van der Waals surface area (Å²) in [4.78, 5) is 13.7. The Morgan fingerprint density at radius 2 is 1.74 bits per heavy atom. The fourth-order valence-electron chi connectivity index (χ4n) is 4.13. The van der Waals surface area contributed by atoms with Gasteiger partial charge in [-0.25, -0.2) is 0 Å². The topological polar surface area (TPSA) is 55.6 Å². The van der Waals surface area contributed by atoms with E-state index in [0.717, 1.165) is 38.8 Å². The van der Waals surface area contributed by atoms with Crippen LogP contribution in [0.25, 0.3) is 17.2 Å². The molecule has 0 unspecified atom stereocenters. The Morgan fingerprint density at radius 3 is 2.52 bits per heavy atom. The van der Waals surface area contributed by atoms with Crippen LogP contribution in [0.4, 0.5) is 0 Å². The van der Waals surface area contributed by atoms with Gasteiger partial charge in [-0.3, -0.25) is 4.79 Å². The fraction of sp³-hybridized carbons (Fsp3) is 0.444. The van der Waals surface area contributed by atoms with Crippen LogP contribution in [0.15, 0.2) is 60.7 Å². The van der Waals surface area contributed by atoms with Crippen molar-refractivity contribution in [2.45, 2.75) is 51.0 Å². The van der Waals surface area contributed by atoms with Gasteiger partial charge in [0.15, 0.2) is 0 Å². The van der Waals surface area contributed by atoms with Crippen molar-refractivity contribution in [1.82, 2.24) is 4.90 Å². The molecule has 1 aliphatic heterocycles. The highest BCUT2D eigenvalue weighted by Crippen LogP contribution is 2.20. The number of likely N-dealkylation sites (tertiary alicyclic amines) is 1. The zero-order valence-electron chi connectivity index (χ0n) is 18.5. The third-order valence-electron chi connectivity index (χ3n) is 5.92. The molecule has 4 nitrogen and oxygen atoms in total. The highest BCUT2D eigenvalue weighted by atomic mass is 16.5. The summed E-state index contributed by atoms with van der Waals surface area (Å²) in [5.74, 6) is 0.0475. The van der Waals surface area contributed by atoms with Gasteiger partial charge >= 0.3 is 0 Å². The Bertz CT molecular complexity index is 802. The van der Waals surface area contributed by atoms with Gasteiger partial charge < -0.3 is 15.4 Å². The van der Waals surface area contributed by atoms with Crippen LogP contribution < -0.4 is 5.73 Å². The van der Waals surface area contributed by atoms with E-state index in [4.69, 9.17) is 10.5 Å². The molecular weight excluding hydrogens is 384 g/mol. The largest absolute Gasteiger partial charge is 0.379 e. The number of rotatable bonds is 12. The second kappa shape index (κ2) is 13.1. The van der Waals surface area contributed by atoms with Crippen LogP contribution in [0, 0.1) is 0 Å². The van der Waals surface area contributed by atoms with Crippen molar-refractivity contribution >= 4 is 12.0 Å². The van der Waals surface area contributed by atoms with Crippen LogP contribution in [-0.2, 0) is 9.53 Å². The third-order valence-corrected chi connectivity index (χ3v) is 5.92. The number of allylic oxidation sites excluding steroid dienone is 1. The maximum Gasteiger partial charge on any atom is 0.236 e. The first-order chi connectivity index (χ1) is 15.3. The van der Waals surface area contributed by atoms with Crippen LogP contribution in [0.3, 0.4) is 0 Å². The van der Waals surface area contributed by atoms with Crippen molar-refractivity contribution in [3.8, 4) is 11.1 Å². The van der Waals surface area contributed by atoms with E-state index >= 15 is 0 Å². The number of benzene rings is 2. The van der Waals surface area contributed by atoms with Gasteiger partial charge in [-0.2, -0.15) is 0 Å². The smallest absolute Gasteiger partial charge is 0.236 e. The van der Waals surface area contributed by atoms with E-state index in [-0.39, 0.29) is 18.5 Å². The van der Waals surface area contributed by atoms with Gasteiger partial charge in [0.05, 0.1) is 19.2 Å². The zero-order valence-corrected chi connectivity index (χ0v) is 18.5. The number of nitrogens with zero attached hydrogens (tertiary/aromatic N) is 1. The molecule has 0 aromatic heterocycles. The molecule has 4 heteroatoms. The van der Waals surface area contributed by atoms with E-state index in [0.29, 0.717) is 6.61 Å². The summed E-state index contributed by atoms with van der Waals surface area (Å²) < 4.78 is 5.82. The Kier molecular flexibility index (Phi) is 9.81. The summed E-state index contributed by atoms with van der Waals surface area (Å²) in [5.41, 5.74) is 9.25. The molecule has 1 aliphatic rings. The lowest BCUT2D eigenvalue weighted by molar-refractivity contribution is -0.131. The summed E-state index contributed by atoms with van der Waals surface area (Å²) in [6.45, 7) is 2.36. The van der Waals surface area contributed by atoms with Gasteiger partial charge in [-0.05, 0) is 48.8 Å². The van der Waals surface area contributed by atoms with Gasteiger partial charge in [0, 0.05) is 13.2 Å². The Morgan fingerprint density at radius 1 is 1.00 bits per heavy atom. The first kappa shape index (κ1) is 23.2. The fourth-order valence-corrected chi connectivity index (χ4v) is 4.13. The molecule has 1 heterocycles. The van der Waals surface area contributed by atoms with E-state index < -0.39 is 0 Å². The molecule has 3 rings (SSSR count). The monoisotopic (exact) mass is 420 g/mol. The first-order valence-corrected chi connectivity index (χ1v) is 11.7. The van der Waals surface area contributed by atoms with E-state index in [1.54, 1.807) is 0 Å². The third kappa shape index (κ3) is 7.64. The molecule has 2 aromatic rings. The van der Waals surface area contributed by atoms with Gasteiger partial charge in [-0.1, -0.05) is 79.6 Å². The lowest BCUT2D eigenvalue weighted by atomic mass is 10.0. The second-order valence-electron chi connectivity index (χ2n) is 8.26. The van der Waals surface area contributed by atoms with Crippen molar-refractivity contribution in [2.75, 3.05) is 26.3 Å². The molecule has 1 atom stereocenters. The lowest BCUT2D eigenvalue weighted by Crippen LogP contribution is -2.41. The lowest BCUT2D eigenvalue weighted by Gasteiger charge is -2.24. The van der Waals surface area contributed by atoms with Gasteiger partial charge in [0.25, 0.3) is 0 Å². The molecule has 2 aromatic carbocycles. The number of nitrogens with two attached hydrogens (primary N) is 1. The number of carbonyl (C=O) groups is 1. The quantitative estimate of drug-likeness (QED) is 0.475. The molecule has 0 bridgehead atoms. The van der Waals surface area contributed by atoms with Crippen LogP contribution in [0.5, 0.6) is 0 Å². The predicted octanol–water partition coefficient (Wildman–Crippen LogP) is 5.28. The zero-order chi connectivity index (χ0) is 21.7. The van der Waals surface area contributed by atoms with E-state index in [1.807, 2.05) is 11.0 Å². The van der Waals surface area contributed by atoms with Crippen molar-refractivity contribution in [2.24, 2.45) is 5.73 Å². The van der Waals surface area contributed by atoms with Crippen molar-refractivity contribution in [1.29, 1.82) is 0 Å². The molecule has 166 valence electrons. The highest BCUT2D eigenvalue weighted by molar-refractivity contribution is 5.78. The highest BCUT2D eigenvalue weighted by Gasteiger charge is 2.27. The molecule has 0 radical (unpaired) electrons. The van der Waals surface area contributed by atoms with E-state index in [1.165, 1.54) is 36.0 Å². The summed E-state index contributed by atoms with van der Waals surface area (Å²) in [5, 5.41) is 0. The Balaban J connectivity index is 1.22. The normalized spacial score (nSPS) is 16.3. The van der Waals surface area contributed by atoms with Gasteiger partial charge in [0.2, 0.25) is 5.91 Å². The maximum absolute atomic E-state index is 11.8. The number of hydrogen-bond acceptors (Lipinski definition) is 3. The number of amides is 1. The molecule has 1 saturated heterocycles. The van der Waals surface area contributed by atoms with E-state index in [2.05, 4.69) is 60.7 Å². The summed E-state index contributed by atoms with van der Waals surface area (Å²) in [6.07, 6.45) is 12.4. The predicted molar refractivity (Wildman–Crippen MR) is 129 cm³/mol. The Hall–Kier alpha value is -2.43. The average Bonchev–Trinajstić information content (AvgIpc) is 3.29. The van der Waals surface area contributed by atoms with Crippen LogP contribution in [0.2, 0.25) is 0 Å². The number of ether oxygens (including phenoxy) is 1. The minimum Gasteiger partial charge on any atom is -0.379 e. The summed E-state index contributed by atoms with van der Waals surface area (Å²) in [6, 6.07) is 19.4.